The maximum absolute atomic E-state index is 9.91. The van der Waals surface area contributed by atoms with E-state index in [4.69, 9.17) is 0 Å². The van der Waals surface area contributed by atoms with E-state index in [0.717, 1.165) is 18.4 Å². The lowest BCUT2D eigenvalue weighted by atomic mass is 10.0. The van der Waals surface area contributed by atoms with Gasteiger partial charge in [-0.05, 0) is 25.0 Å². The molecule has 0 aliphatic rings. The summed E-state index contributed by atoms with van der Waals surface area (Å²) in [5.74, 6) is 0.367. The van der Waals surface area contributed by atoms with Crippen molar-refractivity contribution >= 4 is 0 Å². The molecule has 1 unspecified atom stereocenters. The van der Waals surface area contributed by atoms with E-state index in [-0.39, 0.29) is 0 Å². The first-order valence-corrected chi connectivity index (χ1v) is 7.27. The number of benzene rings is 2. The molecule has 2 aromatic carbocycles. The summed E-state index contributed by atoms with van der Waals surface area (Å²) >= 11 is 0. The second-order valence-electron chi connectivity index (χ2n) is 5.27. The van der Waals surface area contributed by atoms with Crippen LogP contribution in [0.2, 0.25) is 0 Å². The number of aromatic hydroxyl groups is 1. The van der Waals surface area contributed by atoms with E-state index in [1.54, 1.807) is 6.07 Å². The van der Waals surface area contributed by atoms with Crippen molar-refractivity contribution in [2.24, 2.45) is 0 Å². The summed E-state index contributed by atoms with van der Waals surface area (Å²) < 4.78 is 0. The van der Waals surface area contributed by atoms with E-state index in [2.05, 4.69) is 36.5 Å². The Balaban J connectivity index is 2.07. The normalized spacial score (nSPS) is 12.3. The van der Waals surface area contributed by atoms with Gasteiger partial charge in [0.1, 0.15) is 5.75 Å². The topological polar surface area (TPSA) is 32.3 Å². The summed E-state index contributed by atoms with van der Waals surface area (Å²) in [7, 11) is 0. The minimum Gasteiger partial charge on any atom is -0.508 e. The number of phenols is 1. The van der Waals surface area contributed by atoms with Crippen LogP contribution in [0, 0.1) is 6.92 Å². The van der Waals surface area contributed by atoms with Gasteiger partial charge in [0, 0.05) is 18.2 Å². The molecule has 0 heterocycles. The van der Waals surface area contributed by atoms with Crippen molar-refractivity contribution in [3.05, 3.63) is 65.2 Å². The maximum atomic E-state index is 9.91. The highest BCUT2D eigenvalue weighted by molar-refractivity contribution is 5.35. The standard InChI is InChI=1S/C18H23NO/c1-3-7-17(15-8-5-4-6-9-15)19-13-16-12-14(2)10-11-18(16)20/h4-6,8-12,17,19-20H,3,7,13H2,1-2H3. The third kappa shape index (κ3) is 3.84. The smallest absolute Gasteiger partial charge is 0.120 e. The van der Waals surface area contributed by atoms with Crippen molar-refractivity contribution in [1.82, 2.24) is 5.32 Å². The largest absolute Gasteiger partial charge is 0.508 e. The van der Waals surface area contributed by atoms with E-state index in [0.29, 0.717) is 18.3 Å². The Hall–Kier alpha value is -1.80. The molecule has 20 heavy (non-hydrogen) atoms. The van der Waals surface area contributed by atoms with Gasteiger partial charge in [0.05, 0.1) is 0 Å². The van der Waals surface area contributed by atoms with Gasteiger partial charge >= 0.3 is 0 Å². The van der Waals surface area contributed by atoms with Crippen LogP contribution >= 0.6 is 0 Å². The molecule has 0 aliphatic heterocycles. The van der Waals surface area contributed by atoms with Crippen LogP contribution in [-0.2, 0) is 6.54 Å². The van der Waals surface area contributed by atoms with Gasteiger partial charge in [-0.3, -0.25) is 0 Å². The molecule has 0 fully saturated rings. The average Bonchev–Trinajstić information content (AvgIpc) is 2.47. The highest BCUT2D eigenvalue weighted by atomic mass is 16.3. The van der Waals surface area contributed by atoms with Gasteiger partial charge in [0.15, 0.2) is 0 Å². The first-order valence-electron chi connectivity index (χ1n) is 7.27. The van der Waals surface area contributed by atoms with E-state index >= 15 is 0 Å². The third-order valence-corrected chi connectivity index (χ3v) is 3.55. The van der Waals surface area contributed by atoms with Crippen molar-refractivity contribution in [1.29, 1.82) is 0 Å². The number of phenolic OH excluding ortho intramolecular Hbond substituents is 1. The van der Waals surface area contributed by atoms with E-state index < -0.39 is 0 Å². The van der Waals surface area contributed by atoms with Crippen molar-refractivity contribution < 1.29 is 5.11 Å². The number of rotatable bonds is 6. The third-order valence-electron chi connectivity index (χ3n) is 3.55. The van der Waals surface area contributed by atoms with Gasteiger partial charge in [0.25, 0.3) is 0 Å². The number of hydrogen-bond donors (Lipinski definition) is 2. The lowest BCUT2D eigenvalue weighted by Gasteiger charge is -2.19. The zero-order chi connectivity index (χ0) is 14.4. The molecule has 0 spiro atoms. The maximum Gasteiger partial charge on any atom is 0.120 e. The van der Waals surface area contributed by atoms with Crippen LogP contribution in [0.3, 0.4) is 0 Å². The average molecular weight is 269 g/mol. The van der Waals surface area contributed by atoms with Crippen LogP contribution in [0.15, 0.2) is 48.5 Å². The van der Waals surface area contributed by atoms with Crippen molar-refractivity contribution in [2.45, 2.75) is 39.3 Å². The highest BCUT2D eigenvalue weighted by Gasteiger charge is 2.10. The highest BCUT2D eigenvalue weighted by Crippen LogP contribution is 2.22. The number of hydrogen-bond acceptors (Lipinski definition) is 2. The first-order chi connectivity index (χ1) is 9.70. The molecular formula is C18H23NO. The Morgan fingerprint density at radius 1 is 1.10 bits per heavy atom. The van der Waals surface area contributed by atoms with Crippen LogP contribution in [0.4, 0.5) is 0 Å². The molecule has 106 valence electrons. The van der Waals surface area contributed by atoms with Gasteiger partial charge in [-0.15, -0.1) is 0 Å². The Labute approximate surface area is 121 Å². The van der Waals surface area contributed by atoms with Gasteiger partial charge in [-0.1, -0.05) is 61.4 Å². The molecule has 0 saturated carbocycles. The minimum atomic E-state index is 0.334. The van der Waals surface area contributed by atoms with E-state index in [9.17, 15) is 5.11 Å². The fourth-order valence-corrected chi connectivity index (χ4v) is 2.45. The molecule has 2 heteroatoms. The van der Waals surface area contributed by atoms with Crippen molar-refractivity contribution in [2.75, 3.05) is 0 Å². The van der Waals surface area contributed by atoms with Gasteiger partial charge in [-0.25, -0.2) is 0 Å². The van der Waals surface area contributed by atoms with E-state index in [1.807, 2.05) is 25.1 Å². The molecule has 2 N–H and O–H groups in total. The van der Waals surface area contributed by atoms with Crippen molar-refractivity contribution in [3.63, 3.8) is 0 Å². The van der Waals surface area contributed by atoms with E-state index in [1.165, 1.54) is 11.1 Å². The zero-order valence-corrected chi connectivity index (χ0v) is 12.3. The van der Waals surface area contributed by atoms with Gasteiger partial charge in [-0.2, -0.15) is 0 Å². The van der Waals surface area contributed by atoms with Crippen molar-refractivity contribution in [3.8, 4) is 5.75 Å². The quantitative estimate of drug-likeness (QED) is 0.818. The SMILES string of the molecule is CCCC(NCc1cc(C)ccc1O)c1ccccc1. The van der Waals surface area contributed by atoms with Crippen LogP contribution < -0.4 is 5.32 Å². The number of nitrogens with one attached hydrogen (secondary N) is 1. The molecule has 0 saturated heterocycles. The second-order valence-corrected chi connectivity index (χ2v) is 5.27. The fourth-order valence-electron chi connectivity index (χ4n) is 2.45. The molecule has 0 aliphatic carbocycles. The summed E-state index contributed by atoms with van der Waals surface area (Å²) in [5, 5.41) is 13.5. The Kier molecular flexibility index (Phi) is 5.19. The Morgan fingerprint density at radius 2 is 1.85 bits per heavy atom. The molecule has 2 aromatic rings. The predicted octanol–water partition coefficient (Wildman–Crippen LogP) is 4.33. The molecule has 0 radical (unpaired) electrons. The monoisotopic (exact) mass is 269 g/mol. The molecule has 1 atom stereocenters. The summed E-state index contributed by atoms with van der Waals surface area (Å²) in [4.78, 5) is 0. The van der Waals surface area contributed by atoms with Crippen LogP contribution in [0.25, 0.3) is 0 Å². The Bertz CT molecular complexity index is 536. The second kappa shape index (κ2) is 7.11. The van der Waals surface area contributed by atoms with Crippen LogP contribution in [0.1, 0.15) is 42.5 Å². The molecule has 2 rings (SSSR count). The first kappa shape index (κ1) is 14.6. The number of aryl methyl sites for hydroxylation is 1. The molecular weight excluding hydrogens is 246 g/mol. The van der Waals surface area contributed by atoms with Crippen LogP contribution in [0.5, 0.6) is 5.75 Å². The molecule has 0 amide bonds. The molecule has 0 bridgehead atoms. The summed E-state index contributed by atoms with van der Waals surface area (Å²) in [6.07, 6.45) is 2.23. The van der Waals surface area contributed by atoms with Crippen LogP contribution in [-0.4, -0.2) is 5.11 Å². The van der Waals surface area contributed by atoms with Gasteiger partial charge < -0.3 is 10.4 Å². The lowest BCUT2D eigenvalue weighted by molar-refractivity contribution is 0.450. The summed E-state index contributed by atoms with van der Waals surface area (Å²) in [5.41, 5.74) is 3.44. The Morgan fingerprint density at radius 3 is 2.55 bits per heavy atom. The summed E-state index contributed by atoms with van der Waals surface area (Å²) in [6.45, 7) is 4.93. The minimum absolute atomic E-state index is 0.334. The fraction of sp³-hybridized carbons (Fsp3) is 0.333. The summed E-state index contributed by atoms with van der Waals surface area (Å²) in [6, 6.07) is 16.6. The lowest BCUT2D eigenvalue weighted by Crippen LogP contribution is -2.20. The van der Waals surface area contributed by atoms with Gasteiger partial charge in [0.2, 0.25) is 0 Å². The molecule has 0 aromatic heterocycles. The predicted molar refractivity (Wildman–Crippen MR) is 83.8 cm³/mol. The zero-order valence-electron chi connectivity index (χ0n) is 12.3. The molecule has 2 nitrogen and oxygen atoms in total.